The molecule has 0 bridgehead atoms. The van der Waals surface area contributed by atoms with Gasteiger partial charge in [-0.25, -0.2) is 0 Å². The topological polar surface area (TPSA) is 15.3 Å². The average molecular weight is 261 g/mol. The van der Waals surface area contributed by atoms with E-state index in [2.05, 4.69) is 17.3 Å². The lowest BCUT2D eigenvalue weighted by Crippen LogP contribution is -2.37. The predicted molar refractivity (Wildman–Crippen MR) is 76.9 cm³/mol. The summed E-state index contributed by atoms with van der Waals surface area (Å²) in [7, 11) is 2.06. The number of hydrogen-bond donors (Lipinski definition) is 1. The van der Waals surface area contributed by atoms with Crippen LogP contribution in [0.25, 0.3) is 0 Å². The molecule has 2 rings (SSSR count). The van der Waals surface area contributed by atoms with Gasteiger partial charge in [0.05, 0.1) is 0 Å². The molecule has 0 aromatic carbocycles. The normalized spacial score (nSPS) is 23.8. The van der Waals surface area contributed by atoms with Gasteiger partial charge in [0.15, 0.2) is 0 Å². The van der Waals surface area contributed by atoms with E-state index in [1.54, 1.807) is 0 Å². The third kappa shape index (κ3) is 5.15. The second-order valence-electron chi connectivity index (χ2n) is 5.79. The van der Waals surface area contributed by atoms with Gasteiger partial charge in [-0.2, -0.15) is 0 Å². The molecule has 0 aromatic rings. The van der Waals surface area contributed by atoms with Crippen LogP contribution in [0.3, 0.4) is 0 Å². The fraction of sp³-hybridized carbons (Fsp3) is 1.00. The van der Waals surface area contributed by atoms with Crippen molar-refractivity contribution in [3.05, 3.63) is 0 Å². The Bertz CT molecular complexity index is 185. The van der Waals surface area contributed by atoms with Crippen molar-refractivity contribution in [3.63, 3.8) is 0 Å². The van der Waals surface area contributed by atoms with Crippen LogP contribution >= 0.6 is 12.4 Å². The summed E-state index contributed by atoms with van der Waals surface area (Å²) >= 11 is 0. The number of nitrogens with zero attached hydrogens (tertiary/aromatic N) is 1. The van der Waals surface area contributed by atoms with Crippen LogP contribution in [0, 0.1) is 11.8 Å². The molecule has 1 aliphatic heterocycles. The molecule has 102 valence electrons. The molecule has 0 spiro atoms. The molecule has 0 atom stereocenters. The van der Waals surface area contributed by atoms with E-state index in [1.165, 1.54) is 71.1 Å². The summed E-state index contributed by atoms with van der Waals surface area (Å²) in [6.45, 7) is 5.34. The first-order chi connectivity index (χ1) is 7.88. The van der Waals surface area contributed by atoms with Crippen LogP contribution in [-0.2, 0) is 0 Å². The fourth-order valence-electron chi connectivity index (χ4n) is 3.36. The number of halogens is 1. The SMILES string of the molecule is CNCCC1CCN(CC2CCCC2)CC1.Cl. The maximum Gasteiger partial charge on any atom is 0.000966 e. The van der Waals surface area contributed by atoms with Gasteiger partial charge in [0.2, 0.25) is 0 Å². The van der Waals surface area contributed by atoms with E-state index in [4.69, 9.17) is 0 Å². The Morgan fingerprint density at radius 2 is 1.65 bits per heavy atom. The lowest BCUT2D eigenvalue weighted by Gasteiger charge is -2.33. The molecule has 1 N–H and O–H groups in total. The van der Waals surface area contributed by atoms with Crippen LogP contribution in [0.1, 0.15) is 44.9 Å². The molecule has 0 amide bonds. The molecule has 0 aromatic heterocycles. The largest absolute Gasteiger partial charge is 0.320 e. The minimum atomic E-state index is 0. The van der Waals surface area contributed by atoms with E-state index >= 15 is 0 Å². The highest BCUT2D eigenvalue weighted by molar-refractivity contribution is 5.85. The van der Waals surface area contributed by atoms with Crippen molar-refractivity contribution in [2.24, 2.45) is 11.8 Å². The molecule has 2 nitrogen and oxygen atoms in total. The second kappa shape index (κ2) is 8.34. The molecule has 1 saturated heterocycles. The Hall–Kier alpha value is 0.210. The monoisotopic (exact) mass is 260 g/mol. The lowest BCUT2D eigenvalue weighted by atomic mass is 9.93. The van der Waals surface area contributed by atoms with E-state index < -0.39 is 0 Å². The molecule has 1 aliphatic carbocycles. The van der Waals surface area contributed by atoms with Crippen molar-refractivity contribution >= 4 is 12.4 Å². The van der Waals surface area contributed by atoms with Gasteiger partial charge in [-0.15, -0.1) is 12.4 Å². The summed E-state index contributed by atoms with van der Waals surface area (Å²) in [5.41, 5.74) is 0. The number of likely N-dealkylation sites (tertiary alicyclic amines) is 1. The van der Waals surface area contributed by atoms with Crippen LogP contribution < -0.4 is 5.32 Å². The van der Waals surface area contributed by atoms with Crippen molar-refractivity contribution < 1.29 is 0 Å². The van der Waals surface area contributed by atoms with Gasteiger partial charge in [-0.1, -0.05) is 12.8 Å². The molecule has 0 radical (unpaired) electrons. The maximum atomic E-state index is 3.27. The zero-order chi connectivity index (χ0) is 11.2. The Balaban J connectivity index is 0.00000144. The lowest BCUT2D eigenvalue weighted by molar-refractivity contribution is 0.157. The van der Waals surface area contributed by atoms with Gasteiger partial charge >= 0.3 is 0 Å². The molecular formula is C14H29ClN2. The van der Waals surface area contributed by atoms with Gasteiger partial charge in [-0.05, 0) is 70.6 Å². The Labute approximate surface area is 113 Å². The van der Waals surface area contributed by atoms with Crippen LogP contribution in [0.15, 0.2) is 0 Å². The number of nitrogens with one attached hydrogen (secondary N) is 1. The van der Waals surface area contributed by atoms with Crippen molar-refractivity contribution in [2.75, 3.05) is 33.2 Å². The van der Waals surface area contributed by atoms with Crippen LogP contribution in [-0.4, -0.2) is 38.1 Å². The van der Waals surface area contributed by atoms with E-state index in [1.807, 2.05) is 0 Å². The first-order valence-corrected chi connectivity index (χ1v) is 7.25. The minimum absolute atomic E-state index is 0. The highest BCUT2D eigenvalue weighted by atomic mass is 35.5. The van der Waals surface area contributed by atoms with E-state index in [0.717, 1.165) is 11.8 Å². The van der Waals surface area contributed by atoms with Crippen molar-refractivity contribution in [3.8, 4) is 0 Å². The Kier molecular flexibility index (Phi) is 7.49. The molecule has 1 heterocycles. The number of rotatable bonds is 5. The van der Waals surface area contributed by atoms with Crippen molar-refractivity contribution in [1.82, 2.24) is 10.2 Å². The van der Waals surface area contributed by atoms with Crippen LogP contribution in [0.2, 0.25) is 0 Å². The fourth-order valence-corrected chi connectivity index (χ4v) is 3.36. The Morgan fingerprint density at radius 1 is 1.00 bits per heavy atom. The molecule has 2 aliphatic rings. The third-order valence-corrected chi connectivity index (χ3v) is 4.50. The highest BCUT2D eigenvalue weighted by Gasteiger charge is 2.22. The van der Waals surface area contributed by atoms with E-state index in [-0.39, 0.29) is 12.4 Å². The maximum absolute atomic E-state index is 3.27. The third-order valence-electron chi connectivity index (χ3n) is 4.50. The summed E-state index contributed by atoms with van der Waals surface area (Å²) in [5.74, 6) is 2.03. The summed E-state index contributed by atoms with van der Waals surface area (Å²) in [5, 5.41) is 3.27. The van der Waals surface area contributed by atoms with Gasteiger partial charge in [0.1, 0.15) is 0 Å². The first kappa shape index (κ1) is 15.3. The molecule has 17 heavy (non-hydrogen) atoms. The smallest absolute Gasteiger partial charge is 0.000966 e. The van der Waals surface area contributed by atoms with Gasteiger partial charge in [-0.3, -0.25) is 0 Å². The summed E-state index contributed by atoms with van der Waals surface area (Å²) < 4.78 is 0. The van der Waals surface area contributed by atoms with Gasteiger partial charge in [0, 0.05) is 6.54 Å². The molecule has 3 heteroatoms. The van der Waals surface area contributed by atoms with E-state index in [0.29, 0.717) is 0 Å². The molecule has 2 fully saturated rings. The highest BCUT2D eigenvalue weighted by Crippen LogP contribution is 2.27. The Morgan fingerprint density at radius 3 is 2.24 bits per heavy atom. The van der Waals surface area contributed by atoms with Crippen LogP contribution in [0.4, 0.5) is 0 Å². The minimum Gasteiger partial charge on any atom is -0.320 e. The first-order valence-electron chi connectivity index (χ1n) is 7.25. The molecule has 0 unspecified atom stereocenters. The van der Waals surface area contributed by atoms with Crippen molar-refractivity contribution in [1.29, 1.82) is 0 Å². The number of piperidine rings is 1. The quantitative estimate of drug-likeness (QED) is 0.818. The standard InChI is InChI=1S/C14H28N2.ClH/c1-15-9-6-13-7-10-16(11-8-13)12-14-4-2-3-5-14;/h13-15H,2-12H2,1H3;1H. The van der Waals surface area contributed by atoms with Gasteiger partial charge < -0.3 is 10.2 Å². The summed E-state index contributed by atoms with van der Waals surface area (Å²) in [6, 6.07) is 0. The van der Waals surface area contributed by atoms with E-state index in [9.17, 15) is 0 Å². The summed E-state index contributed by atoms with van der Waals surface area (Å²) in [6.07, 6.45) is 10.2. The predicted octanol–water partition coefficient (Wildman–Crippen LogP) is 2.92. The average Bonchev–Trinajstić information content (AvgIpc) is 2.81. The summed E-state index contributed by atoms with van der Waals surface area (Å²) in [4.78, 5) is 2.73. The van der Waals surface area contributed by atoms with Gasteiger partial charge in [0.25, 0.3) is 0 Å². The van der Waals surface area contributed by atoms with Crippen molar-refractivity contribution in [2.45, 2.75) is 44.9 Å². The molecular weight excluding hydrogens is 232 g/mol. The van der Waals surface area contributed by atoms with Crippen LogP contribution in [0.5, 0.6) is 0 Å². The zero-order valence-electron chi connectivity index (χ0n) is 11.3. The zero-order valence-corrected chi connectivity index (χ0v) is 12.1. The molecule has 1 saturated carbocycles. The number of hydrogen-bond acceptors (Lipinski definition) is 2. The second-order valence-corrected chi connectivity index (χ2v) is 5.79.